The van der Waals surface area contributed by atoms with Crippen LogP contribution in [0.2, 0.25) is 0 Å². The second kappa shape index (κ2) is 9.01. The number of halogens is 1. The molecule has 0 aromatic heterocycles. The number of hydrogen-bond donors (Lipinski definition) is 1. The summed E-state index contributed by atoms with van der Waals surface area (Å²) >= 11 is 6.21. The molecular weight excluding hydrogens is 300 g/mol. The van der Waals surface area contributed by atoms with Crippen molar-refractivity contribution in [2.75, 3.05) is 33.3 Å². The van der Waals surface area contributed by atoms with E-state index in [-0.39, 0.29) is 5.91 Å². The van der Waals surface area contributed by atoms with E-state index < -0.39 is 5.38 Å². The first-order chi connectivity index (χ1) is 10.7. The second-order valence-corrected chi connectivity index (χ2v) is 6.12. The van der Waals surface area contributed by atoms with Gasteiger partial charge in [-0.1, -0.05) is 12.1 Å². The van der Waals surface area contributed by atoms with Crippen molar-refractivity contribution in [3.63, 3.8) is 0 Å². The molecule has 1 amide bonds. The average Bonchev–Trinajstić information content (AvgIpc) is 3.07. The molecule has 22 heavy (non-hydrogen) atoms. The Morgan fingerprint density at radius 2 is 1.95 bits per heavy atom. The molecule has 0 radical (unpaired) electrons. The van der Waals surface area contributed by atoms with Gasteiger partial charge >= 0.3 is 0 Å². The smallest absolute Gasteiger partial charge is 0.242 e. The number of hydrogen-bond acceptors (Lipinski definition) is 3. The fraction of sp³-hybridized carbons (Fsp3) is 0.588. The fourth-order valence-corrected chi connectivity index (χ4v) is 2.91. The second-order valence-electron chi connectivity index (χ2n) is 5.68. The highest BCUT2D eigenvalue weighted by atomic mass is 35.5. The molecule has 1 N–H and O–H groups in total. The summed E-state index contributed by atoms with van der Waals surface area (Å²) in [5, 5.41) is 2.27. The predicted octanol–water partition coefficient (Wildman–Crippen LogP) is 2.97. The summed E-state index contributed by atoms with van der Waals surface area (Å²) in [5.41, 5.74) is 0.789. The molecule has 2 rings (SSSR count). The van der Waals surface area contributed by atoms with Gasteiger partial charge in [-0.25, -0.2) is 0 Å². The maximum absolute atomic E-state index is 12.0. The van der Waals surface area contributed by atoms with E-state index in [0.717, 1.165) is 30.7 Å². The molecule has 0 saturated carbocycles. The average molecular weight is 325 g/mol. The molecule has 1 unspecified atom stereocenters. The Morgan fingerprint density at radius 3 is 2.59 bits per heavy atom. The number of carbonyl (C=O) groups is 1. The number of methoxy groups -OCH3 is 1. The molecule has 1 saturated heterocycles. The molecule has 1 aliphatic heterocycles. The molecule has 5 heteroatoms. The summed E-state index contributed by atoms with van der Waals surface area (Å²) < 4.78 is 5.10. The normalized spacial score (nSPS) is 16.5. The van der Waals surface area contributed by atoms with Crippen LogP contribution in [-0.4, -0.2) is 44.1 Å². The standard InChI is InChI=1S/C17H25ClN2O2/c1-22-15-8-6-14(7-9-15)16(18)17(21)19-10-2-3-11-20-12-4-5-13-20/h6-9,16H,2-5,10-13H2,1H3,(H,19,21). The Bertz CT molecular complexity index is 458. The highest BCUT2D eigenvalue weighted by Crippen LogP contribution is 2.23. The number of nitrogens with one attached hydrogen (secondary N) is 1. The summed E-state index contributed by atoms with van der Waals surface area (Å²) in [6.07, 6.45) is 4.77. The molecule has 4 nitrogen and oxygen atoms in total. The van der Waals surface area contributed by atoms with Crippen molar-refractivity contribution < 1.29 is 9.53 Å². The molecule has 1 fully saturated rings. The number of amides is 1. The Labute approximate surface area is 137 Å². The number of likely N-dealkylation sites (tertiary alicyclic amines) is 1. The zero-order valence-corrected chi connectivity index (χ0v) is 13.9. The van der Waals surface area contributed by atoms with Gasteiger partial charge in [-0.15, -0.1) is 11.6 Å². The van der Waals surface area contributed by atoms with Crippen LogP contribution in [0, 0.1) is 0 Å². The zero-order valence-electron chi connectivity index (χ0n) is 13.2. The van der Waals surface area contributed by atoms with Crippen molar-refractivity contribution >= 4 is 17.5 Å². The summed E-state index contributed by atoms with van der Waals surface area (Å²) in [4.78, 5) is 14.5. The molecule has 1 aromatic rings. The minimum Gasteiger partial charge on any atom is -0.497 e. The lowest BCUT2D eigenvalue weighted by molar-refractivity contribution is -0.120. The van der Waals surface area contributed by atoms with Crippen LogP contribution in [0.3, 0.4) is 0 Å². The van der Waals surface area contributed by atoms with Gasteiger partial charge in [-0.05, 0) is 63.0 Å². The molecule has 0 aliphatic carbocycles. The molecule has 0 spiro atoms. The highest BCUT2D eigenvalue weighted by molar-refractivity contribution is 6.30. The molecular formula is C17H25ClN2O2. The molecule has 0 bridgehead atoms. The number of benzene rings is 1. The Kier molecular flexibility index (Phi) is 7.00. The molecule has 122 valence electrons. The van der Waals surface area contributed by atoms with Gasteiger partial charge in [-0.3, -0.25) is 4.79 Å². The van der Waals surface area contributed by atoms with Gasteiger partial charge in [0.05, 0.1) is 7.11 Å². The topological polar surface area (TPSA) is 41.6 Å². The van der Waals surface area contributed by atoms with Crippen molar-refractivity contribution in [3.8, 4) is 5.75 Å². The van der Waals surface area contributed by atoms with Gasteiger partial charge in [-0.2, -0.15) is 0 Å². The molecule has 1 heterocycles. The zero-order chi connectivity index (χ0) is 15.8. The first-order valence-corrected chi connectivity index (χ1v) is 8.42. The van der Waals surface area contributed by atoms with Crippen LogP contribution in [0.5, 0.6) is 5.75 Å². The van der Waals surface area contributed by atoms with Crippen molar-refractivity contribution in [3.05, 3.63) is 29.8 Å². The minimum absolute atomic E-state index is 0.131. The summed E-state index contributed by atoms with van der Waals surface area (Å²) in [6.45, 7) is 4.28. The third-order valence-electron chi connectivity index (χ3n) is 4.04. The number of alkyl halides is 1. The van der Waals surface area contributed by atoms with E-state index in [4.69, 9.17) is 16.3 Å². The van der Waals surface area contributed by atoms with Crippen LogP contribution < -0.4 is 10.1 Å². The lowest BCUT2D eigenvalue weighted by Crippen LogP contribution is -2.28. The Morgan fingerprint density at radius 1 is 1.27 bits per heavy atom. The van der Waals surface area contributed by atoms with Gasteiger partial charge in [0.15, 0.2) is 0 Å². The summed E-state index contributed by atoms with van der Waals surface area (Å²) in [5.74, 6) is 0.628. The SMILES string of the molecule is COc1ccc(C(Cl)C(=O)NCCCCN2CCCC2)cc1. The quantitative estimate of drug-likeness (QED) is 0.590. The van der Waals surface area contributed by atoms with E-state index in [0.29, 0.717) is 6.54 Å². The number of carbonyl (C=O) groups excluding carboxylic acids is 1. The summed E-state index contributed by atoms with van der Waals surface area (Å²) in [6, 6.07) is 7.27. The van der Waals surface area contributed by atoms with E-state index in [9.17, 15) is 4.79 Å². The van der Waals surface area contributed by atoms with E-state index in [1.54, 1.807) is 7.11 Å². The fourth-order valence-electron chi connectivity index (χ4n) is 2.69. The van der Waals surface area contributed by atoms with Crippen molar-refractivity contribution in [2.24, 2.45) is 0 Å². The number of unbranched alkanes of at least 4 members (excludes halogenated alkanes) is 1. The van der Waals surface area contributed by atoms with Crippen molar-refractivity contribution in [1.82, 2.24) is 10.2 Å². The first kappa shape index (κ1) is 17.1. The van der Waals surface area contributed by atoms with Gasteiger partial charge in [0.1, 0.15) is 11.1 Å². The molecule has 1 aliphatic rings. The minimum atomic E-state index is -0.649. The van der Waals surface area contributed by atoms with E-state index in [2.05, 4.69) is 10.2 Å². The first-order valence-electron chi connectivity index (χ1n) is 7.99. The Balaban J connectivity index is 1.64. The summed E-state index contributed by atoms with van der Waals surface area (Å²) in [7, 11) is 1.61. The highest BCUT2D eigenvalue weighted by Gasteiger charge is 2.17. The van der Waals surface area contributed by atoms with E-state index >= 15 is 0 Å². The van der Waals surface area contributed by atoms with Crippen LogP contribution in [0.15, 0.2) is 24.3 Å². The van der Waals surface area contributed by atoms with Crippen LogP contribution >= 0.6 is 11.6 Å². The monoisotopic (exact) mass is 324 g/mol. The van der Waals surface area contributed by atoms with E-state index in [1.165, 1.54) is 25.9 Å². The maximum atomic E-state index is 12.0. The molecule has 1 aromatic carbocycles. The number of ether oxygens (including phenoxy) is 1. The van der Waals surface area contributed by atoms with Crippen molar-refractivity contribution in [2.45, 2.75) is 31.1 Å². The lowest BCUT2D eigenvalue weighted by atomic mass is 10.1. The van der Waals surface area contributed by atoms with Crippen molar-refractivity contribution in [1.29, 1.82) is 0 Å². The van der Waals surface area contributed by atoms with Gasteiger partial charge in [0.25, 0.3) is 0 Å². The third-order valence-corrected chi connectivity index (χ3v) is 4.49. The number of rotatable bonds is 8. The number of nitrogens with zero attached hydrogens (tertiary/aromatic N) is 1. The van der Waals surface area contributed by atoms with Crippen LogP contribution in [-0.2, 0) is 4.79 Å². The van der Waals surface area contributed by atoms with Gasteiger partial charge < -0.3 is 15.0 Å². The van der Waals surface area contributed by atoms with Gasteiger partial charge in [0, 0.05) is 6.54 Å². The van der Waals surface area contributed by atoms with Crippen LogP contribution in [0.4, 0.5) is 0 Å². The Hall–Kier alpha value is -1.26. The van der Waals surface area contributed by atoms with Crippen LogP contribution in [0.25, 0.3) is 0 Å². The lowest BCUT2D eigenvalue weighted by Gasteiger charge is -2.15. The van der Waals surface area contributed by atoms with E-state index in [1.807, 2.05) is 24.3 Å². The molecule has 1 atom stereocenters. The maximum Gasteiger partial charge on any atom is 0.242 e. The largest absolute Gasteiger partial charge is 0.497 e. The third kappa shape index (κ3) is 5.18. The van der Waals surface area contributed by atoms with Crippen LogP contribution in [0.1, 0.15) is 36.6 Å². The van der Waals surface area contributed by atoms with Gasteiger partial charge in [0.2, 0.25) is 5.91 Å². The predicted molar refractivity (Wildman–Crippen MR) is 89.5 cm³/mol.